The Morgan fingerprint density at radius 1 is 1.17 bits per heavy atom. The summed E-state index contributed by atoms with van der Waals surface area (Å²) in [6.07, 6.45) is 0. The van der Waals surface area contributed by atoms with Crippen molar-refractivity contribution in [3.63, 3.8) is 0 Å². The molecule has 1 amide bonds. The van der Waals surface area contributed by atoms with Crippen LogP contribution in [0.25, 0.3) is 11.3 Å². The van der Waals surface area contributed by atoms with Crippen molar-refractivity contribution in [3.8, 4) is 11.3 Å². The lowest BCUT2D eigenvalue weighted by atomic mass is 10.0. The second kappa shape index (κ2) is 7.66. The molecule has 1 aliphatic rings. The first-order valence-electron chi connectivity index (χ1n) is 7.85. The van der Waals surface area contributed by atoms with Gasteiger partial charge in [0.1, 0.15) is 5.76 Å². The van der Waals surface area contributed by atoms with Crippen LogP contribution in [0.1, 0.15) is 35.9 Å². The second-order valence-electron chi connectivity index (χ2n) is 5.99. The fourth-order valence-corrected chi connectivity index (χ4v) is 2.68. The molecule has 1 fully saturated rings. The molecule has 0 unspecified atom stereocenters. The van der Waals surface area contributed by atoms with Crippen molar-refractivity contribution in [1.82, 2.24) is 10.2 Å². The summed E-state index contributed by atoms with van der Waals surface area (Å²) in [6.45, 7) is 7.49. The minimum Gasteiger partial charge on any atom is -0.451 e. The van der Waals surface area contributed by atoms with Gasteiger partial charge in [-0.1, -0.05) is 32.0 Å². The predicted octanol–water partition coefficient (Wildman–Crippen LogP) is 3.54. The SMILES string of the molecule is CC(C)c1cccc(-c2ccc(C(=O)N3CCNCC3)o2)c1.Cl. The Labute approximate surface area is 143 Å². The normalized spacial score (nSPS) is 14.7. The Morgan fingerprint density at radius 2 is 1.91 bits per heavy atom. The smallest absolute Gasteiger partial charge is 0.289 e. The number of piperazine rings is 1. The van der Waals surface area contributed by atoms with Crippen LogP contribution in [0.15, 0.2) is 40.8 Å². The monoisotopic (exact) mass is 334 g/mol. The van der Waals surface area contributed by atoms with Gasteiger partial charge < -0.3 is 14.6 Å². The highest BCUT2D eigenvalue weighted by Crippen LogP contribution is 2.26. The summed E-state index contributed by atoms with van der Waals surface area (Å²) in [5.41, 5.74) is 2.29. The summed E-state index contributed by atoms with van der Waals surface area (Å²) in [6, 6.07) is 12.0. The maximum Gasteiger partial charge on any atom is 0.289 e. The van der Waals surface area contributed by atoms with Crippen molar-refractivity contribution in [2.45, 2.75) is 19.8 Å². The van der Waals surface area contributed by atoms with E-state index in [-0.39, 0.29) is 18.3 Å². The molecule has 4 nitrogen and oxygen atoms in total. The third-order valence-corrected chi connectivity index (χ3v) is 4.06. The van der Waals surface area contributed by atoms with E-state index in [0.29, 0.717) is 11.7 Å². The lowest BCUT2D eigenvalue weighted by Gasteiger charge is -2.26. The molecule has 1 aromatic carbocycles. The molecule has 124 valence electrons. The molecule has 0 bridgehead atoms. The van der Waals surface area contributed by atoms with E-state index in [9.17, 15) is 4.79 Å². The van der Waals surface area contributed by atoms with Gasteiger partial charge in [-0.05, 0) is 29.7 Å². The van der Waals surface area contributed by atoms with Gasteiger partial charge in [-0.15, -0.1) is 12.4 Å². The lowest BCUT2D eigenvalue weighted by Crippen LogP contribution is -2.46. The fourth-order valence-electron chi connectivity index (χ4n) is 2.68. The zero-order valence-corrected chi connectivity index (χ0v) is 14.4. The molecule has 0 atom stereocenters. The zero-order valence-electron chi connectivity index (χ0n) is 13.5. The van der Waals surface area contributed by atoms with Crippen LogP contribution in [-0.4, -0.2) is 37.0 Å². The highest BCUT2D eigenvalue weighted by atomic mass is 35.5. The van der Waals surface area contributed by atoms with E-state index in [4.69, 9.17) is 4.42 Å². The van der Waals surface area contributed by atoms with Crippen LogP contribution in [0.5, 0.6) is 0 Å². The summed E-state index contributed by atoms with van der Waals surface area (Å²) in [5.74, 6) is 1.62. The lowest BCUT2D eigenvalue weighted by molar-refractivity contribution is 0.0704. The van der Waals surface area contributed by atoms with E-state index in [0.717, 1.165) is 37.5 Å². The summed E-state index contributed by atoms with van der Waals surface area (Å²) in [5, 5.41) is 3.24. The van der Waals surface area contributed by atoms with Gasteiger partial charge >= 0.3 is 0 Å². The molecule has 2 heterocycles. The molecule has 0 spiro atoms. The third-order valence-electron chi connectivity index (χ3n) is 4.06. The Bertz CT molecular complexity index is 661. The summed E-state index contributed by atoms with van der Waals surface area (Å²) < 4.78 is 5.81. The Balaban J connectivity index is 0.00000192. The Hall–Kier alpha value is -1.78. The number of nitrogens with zero attached hydrogens (tertiary/aromatic N) is 1. The molecule has 23 heavy (non-hydrogen) atoms. The van der Waals surface area contributed by atoms with Gasteiger partial charge in [0.15, 0.2) is 5.76 Å². The highest BCUT2D eigenvalue weighted by Gasteiger charge is 2.21. The first kappa shape index (κ1) is 17.6. The number of benzene rings is 1. The molecule has 1 N–H and O–H groups in total. The van der Waals surface area contributed by atoms with Crippen molar-refractivity contribution in [2.75, 3.05) is 26.2 Å². The number of amides is 1. The standard InChI is InChI=1S/C18H22N2O2.ClH/c1-13(2)14-4-3-5-15(12-14)16-6-7-17(22-16)18(21)20-10-8-19-9-11-20;/h3-7,12-13,19H,8-11H2,1-2H3;1H. The first-order chi connectivity index (χ1) is 10.6. The average Bonchev–Trinajstić information content (AvgIpc) is 3.05. The maximum absolute atomic E-state index is 12.4. The predicted molar refractivity (Wildman–Crippen MR) is 94.3 cm³/mol. The highest BCUT2D eigenvalue weighted by molar-refractivity contribution is 5.92. The molecule has 0 radical (unpaired) electrons. The third kappa shape index (κ3) is 3.95. The van der Waals surface area contributed by atoms with Crippen LogP contribution in [0.3, 0.4) is 0 Å². The summed E-state index contributed by atoms with van der Waals surface area (Å²) >= 11 is 0. The van der Waals surface area contributed by atoms with Crippen LogP contribution in [-0.2, 0) is 0 Å². The van der Waals surface area contributed by atoms with E-state index in [1.54, 1.807) is 6.07 Å². The molecule has 3 rings (SSSR count). The number of hydrogen-bond acceptors (Lipinski definition) is 3. The van der Waals surface area contributed by atoms with E-state index >= 15 is 0 Å². The van der Waals surface area contributed by atoms with Gasteiger partial charge in [0.05, 0.1) is 0 Å². The number of nitrogens with one attached hydrogen (secondary N) is 1. The largest absolute Gasteiger partial charge is 0.451 e. The molecule has 1 saturated heterocycles. The quantitative estimate of drug-likeness (QED) is 0.933. The minimum atomic E-state index is -0.0206. The second-order valence-corrected chi connectivity index (χ2v) is 5.99. The topological polar surface area (TPSA) is 45.5 Å². The van der Waals surface area contributed by atoms with Crippen molar-refractivity contribution in [3.05, 3.63) is 47.7 Å². The van der Waals surface area contributed by atoms with Gasteiger partial charge in [0.2, 0.25) is 0 Å². The van der Waals surface area contributed by atoms with Crippen LogP contribution >= 0.6 is 12.4 Å². The average molecular weight is 335 g/mol. The maximum atomic E-state index is 12.4. The van der Waals surface area contributed by atoms with E-state index in [1.807, 2.05) is 23.1 Å². The Kier molecular flexibility index (Phi) is 5.85. The zero-order chi connectivity index (χ0) is 15.5. The van der Waals surface area contributed by atoms with E-state index in [1.165, 1.54) is 5.56 Å². The summed E-state index contributed by atoms with van der Waals surface area (Å²) in [4.78, 5) is 14.3. The molecule has 1 aliphatic heterocycles. The van der Waals surface area contributed by atoms with Gasteiger partial charge in [-0.2, -0.15) is 0 Å². The Morgan fingerprint density at radius 3 is 2.61 bits per heavy atom. The molecular formula is C18H23ClN2O2. The number of rotatable bonds is 3. The first-order valence-corrected chi connectivity index (χ1v) is 7.85. The van der Waals surface area contributed by atoms with Gasteiger partial charge in [0, 0.05) is 31.7 Å². The van der Waals surface area contributed by atoms with Crippen LogP contribution in [0, 0.1) is 0 Å². The minimum absolute atomic E-state index is 0. The molecule has 0 aliphatic carbocycles. The van der Waals surface area contributed by atoms with E-state index < -0.39 is 0 Å². The van der Waals surface area contributed by atoms with Crippen molar-refractivity contribution >= 4 is 18.3 Å². The van der Waals surface area contributed by atoms with Gasteiger partial charge in [0.25, 0.3) is 5.91 Å². The van der Waals surface area contributed by atoms with Crippen LogP contribution in [0.2, 0.25) is 0 Å². The van der Waals surface area contributed by atoms with E-state index in [2.05, 4.69) is 31.3 Å². The van der Waals surface area contributed by atoms with Gasteiger partial charge in [-0.25, -0.2) is 0 Å². The molecular weight excluding hydrogens is 312 g/mol. The number of carbonyl (C=O) groups is 1. The van der Waals surface area contributed by atoms with Crippen LogP contribution in [0.4, 0.5) is 0 Å². The van der Waals surface area contributed by atoms with Crippen molar-refractivity contribution in [2.24, 2.45) is 0 Å². The number of carbonyl (C=O) groups excluding carboxylic acids is 1. The molecule has 1 aromatic heterocycles. The van der Waals surface area contributed by atoms with Crippen molar-refractivity contribution < 1.29 is 9.21 Å². The number of hydrogen-bond donors (Lipinski definition) is 1. The molecule has 2 aromatic rings. The van der Waals surface area contributed by atoms with Gasteiger partial charge in [-0.3, -0.25) is 4.79 Å². The fraction of sp³-hybridized carbons (Fsp3) is 0.389. The molecule has 0 saturated carbocycles. The van der Waals surface area contributed by atoms with Crippen LogP contribution < -0.4 is 5.32 Å². The summed E-state index contributed by atoms with van der Waals surface area (Å²) in [7, 11) is 0. The molecule has 5 heteroatoms. The van der Waals surface area contributed by atoms with Crippen molar-refractivity contribution in [1.29, 1.82) is 0 Å². The number of halogens is 1. The number of furan rings is 1.